The molecule has 2 heterocycles. The summed E-state index contributed by atoms with van der Waals surface area (Å²) in [5.41, 5.74) is 7.33. The van der Waals surface area contributed by atoms with E-state index in [1.165, 1.54) is 33.6 Å². The van der Waals surface area contributed by atoms with Crippen molar-refractivity contribution in [3.05, 3.63) is 95.1 Å². The fourth-order valence-electron chi connectivity index (χ4n) is 4.80. The average molecular weight is 423 g/mol. The summed E-state index contributed by atoms with van der Waals surface area (Å²) in [5.74, 6) is 1.97. The predicted molar refractivity (Wildman–Crippen MR) is 130 cm³/mol. The third-order valence-electron chi connectivity index (χ3n) is 6.45. The number of ether oxygens (including phenoxy) is 2. The molecule has 0 spiro atoms. The standard InChI is InChI=1S/C28H26N2O2/c1-19-5-3-7-23(13-19)29-15-21-9-11-26-25(27(21)31-17-29)12-10-22-16-30(18-32-28(22)26)24-8-4-6-20(2)14-24/h3-14H,15-18H2,1-2H3. The van der Waals surface area contributed by atoms with E-state index in [9.17, 15) is 0 Å². The molecule has 0 atom stereocenters. The molecule has 4 nitrogen and oxygen atoms in total. The molecular formula is C28H26N2O2. The van der Waals surface area contributed by atoms with Crippen LogP contribution in [0.25, 0.3) is 10.8 Å². The summed E-state index contributed by atoms with van der Waals surface area (Å²) >= 11 is 0. The topological polar surface area (TPSA) is 24.9 Å². The summed E-state index contributed by atoms with van der Waals surface area (Å²) in [4.78, 5) is 4.55. The number of nitrogens with zero attached hydrogens (tertiary/aromatic N) is 2. The second-order valence-corrected chi connectivity index (χ2v) is 8.82. The van der Waals surface area contributed by atoms with Crippen LogP contribution < -0.4 is 19.3 Å². The van der Waals surface area contributed by atoms with Gasteiger partial charge in [-0.05, 0) is 49.2 Å². The molecule has 0 saturated heterocycles. The van der Waals surface area contributed by atoms with Crippen molar-refractivity contribution in [1.29, 1.82) is 0 Å². The van der Waals surface area contributed by atoms with Crippen LogP contribution >= 0.6 is 0 Å². The van der Waals surface area contributed by atoms with Gasteiger partial charge < -0.3 is 19.3 Å². The van der Waals surface area contributed by atoms with Crippen molar-refractivity contribution in [2.24, 2.45) is 0 Å². The molecule has 0 unspecified atom stereocenters. The van der Waals surface area contributed by atoms with Gasteiger partial charge >= 0.3 is 0 Å². The van der Waals surface area contributed by atoms with Gasteiger partial charge in [-0.15, -0.1) is 0 Å². The van der Waals surface area contributed by atoms with Crippen LogP contribution in [0.5, 0.6) is 11.5 Å². The minimum Gasteiger partial charge on any atom is -0.472 e. The van der Waals surface area contributed by atoms with Gasteiger partial charge in [0.25, 0.3) is 0 Å². The molecule has 0 aromatic heterocycles. The maximum absolute atomic E-state index is 6.30. The normalized spacial score (nSPS) is 15.1. The fourth-order valence-corrected chi connectivity index (χ4v) is 4.80. The second kappa shape index (κ2) is 7.49. The zero-order valence-corrected chi connectivity index (χ0v) is 18.5. The fraction of sp³-hybridized carbons (Fsp3) is 0.214. The molecule has 0 bridgehead atoms. The summed E-state index contributed by atoms with van der Waals surface area (Å²) < 4.78 is 12.6. The van der Waals surface area contributed by atoms with Gasteiger partial charge in [-0.1, -0.05) is 48.5 Å². The highest BCUT2D eigenvalue weighted by Crippen LogP contribution is 2.42. The molecule has 0 amide bonds. The Morgan fingerprint density at radius 3 is 1.50 bits per heavy atom. The highest BCUT2D eigenvalue weighted by atomic mass is 16.5. The van der Waals surface area contributed by atoms with E-state index in [2.05, 4.69) is 96.4 Å². The first-order valence-electron chi connectivity index (χ1n) is 11.1. The van der Waals surface area contributed by atoms with Crippen molar-refractivity contribution >= 4 is 22.1 Å². The Morgan fingerprint density at radius 2 is 1.06 bits per heavy atom. The molecule has 0 fully saturated rings. The van der Waals surface area contributed by atoms with E-state index >= 15 is 0 Å². The second-order valence-electron chi connectivity index (χ2n) is 8.82. The van der Waals surface area contributed by atoms with Gasteiger partial charge in [0.2, 0.25) is 0 Å². The Bertz CT molecular complexity index is 1230. The van der Waals surface area contributed by atoms with E-state index in [-0.39, 0.29) is 0 Å². The molecule has 160 valence electrons. The maximum atomic E-state index is 6.30. The van der Waals surface area contributed by atoms with E-state index in [0.29, 0.717) is 13.5 Å². The van der Waals surface area contributed by atoms with Gasteiger partial charge in [0.1, 0.15) is 11.5 Å². The molecular weight excluding hydrogens is 396 g/mol. The summed E-state index contributed by atoms with van der Waals surface area (Å²) in [7, 11) is 0. The third-order valence-corrected chi connectivity index (χ3v) is 6.45. The van der Waals surface area contributed by atoms with Gasteiger partial charge in [0.05, 0.1) is 0 Å². The van der Waals surface area contributed by atoms with Crippen LogP contribution in [0.1, 0.15) is 22.3 Å². The van der Waals surface area contributed by atoms with E-state index in [4.69, 9.17) is 9.47 Å². The summed E-state index contributed by atoms with van der Waals surface area (Å²) in [5, 5.41) is 2.27. The Morgan fingerprint density at radius 1 is 0.594 bits per heavy atom. The zero-order chi connectivity index (χ0) is 21.7. The Labute approximate surface area is 188 Å². The number of fused-ring (bicyclic) bond motifs is 5. The van der Waals surface area contributed by atoms with E-state index < -0.39 is 0 Å². The van der Waals surface area contributed by atoms with Crippen molar-refractivity contribution in [3.63, 3.8) is 0 Å². The number of hydrogen-bond acceptors (Lipinski definition) is 4. The molecule has 0 saturated carbocycles. The molecule has 4 aromatic rings. The first-order valence-corrected chi connectivity index (χ1v) is 11.1. The first-order chi connectivity index (χ1) is 15.7. The van der Waals surface area contributed by atoms with Gasteiger partial charge in [-0.25, -0.2) is 0 Å². The maximum Gasteiger partial charge on any atom is 0.161 e. The number of rotatable bonds is 2. The summed E-state index contributed by atoms with van der Waals surface area (Å²) in [6, 6.07) is 25.9. The van der Waals surface area contributed by atoms with Gasteiger partial charge in [0, 0.05) is 46.4 Å². The highest BCUT2D eigenvalue weighted by molar-refractivity contribution is 5.95. The minimum absolute atomic E-state index is 0.550. The molecule has 0 N–H and O–H groups in total. The molecule has 2 aliphatic heterocycles. The lowest BCUT2D eigenvalue weighted by atomic mass is 9.99. The van der Waals surface area contributed by atoms with Crippen LogP contribution in [0.15, 0.2) is 72.8 Å². The lowest BCUT2D eigenvalue weighted by Crippen LogP contribution is -2.32. The van der Waals surface area contributed by atoms with Crippen LogP contribution in [0.4, 0.5) is 11.4 Å². The summed E-state index contributed by atoms with van der Waals surface area (Å²) in [6.07, 6.45) is 0. The number of hydrogen-bond donors (Lipinski definition) is 0. The van der Waals surface area contributed by atoms with Crippen LogP contribution in [0, 0.1) is 13.8 Å². The van der Waals surface area contributed by atoms with Crippen molar-refractivity contribution in [3.8, 4) is 11.5 Å². The number of aryl methyl sites for hydroxylation is 2. The molecule has 4 aromatic carbocycles. The molecule has 32 heavy (non-hydrogen) atoms. The van der Waals surface area contributed by atoms with Gasteiger partial charge in [-0.2, -0.15) is 0 Å². The first kappa shape index (κ1) is 19.1. The Hall–Kier alpha value is -3.66. The zero-order valence-electron chi connectivity index (χ0n) is 18.5. The van der Waals surface area contributed by atoms with Crippen LogP contribution in [-0.4, -0.2) is 13.5 Å². The third kappa shape index (κ3) is 3.23. The quantitative estimate of drug-likeness (QED) is 0.386. The van der Waals surface area contributed by atoms with Crippen molar-refractivity contribution in [2.45, 2.75) is 26.9 Å². The molecule has 0 aliphatic carbocycles. The monoisotopic (exact) mass is 422 g/mol. The minimum atomic E-state index is 0.550. The number of benzene rings is 4. The Kier molecular flexibility index (Phi) is 4.46. The largest absolute Gasteiger partial charge is 0.472 e. The molecule has 6 rings (SSSR count). The van der Waals surface area contributed by atoms with E-state index in [0.717, 1.165) is 35.4 Å². The smallest absolute Gasteiger partial charge is 0.161 e. The van der Waals surface area contributed by atoms with Gasteiger partial charge in [-0.3, -0.25) is 0 Å². The van der Waals surface area contributed by atoms with Crippen molar-refractivity contribution in [2.75, 3.05) is 23.3 Å². The predicted octanol–water partition coefficient (Wildman–Crippen LogP) is 6.17. The SMILES string of the molecule is Cc1cccc(N2COc3c(ccc4c5c(ccc34)CN(c3cccc(C)c3)CO5)C2)c1. The van der Waals surface area contributed by atoms with Crippen LogP contribution in [-0.2, 0) is 13.1 Å². The molecule has 2 aliphatic rings. The highest BCUT2D eigenvalue weighted by Gasteiger charge is 2.24. The molecule has 4 heteroatoms. The van der Waals surface area contributed by atoms with Crippen LogP contribution in [0.3, 0.4) is 0 Å². The Balaban J connectivity index is 1.32. The van der Waals surface area contributed by atoms with Crippen LogP contribution in [0.2, 0.25) is 0 Å². The lowest BCUT2D eigenvalue weighted by molar-refractivity contribution is 0.289. The molecule has 0 radical (unpaired) electrons. The van der Waals surface area contributed by atoms with Crippen molar-refractivity contribution in [1.82, 2.24) is 0 Å². The summed E-state index contributed by atoms with van der Waals surface area (Å²) in [6.45, 7) is 7.03. The van der Waals surface area contributed by atoms with Crippen molar-refractivity contribution < 1.29 is 9.47 Å². The van der Waals surface area contributed by atoms with E-state index in [1.54, 1.807) is 0 Å². The van der Waals surface area contributed by atoms with E-state index in [1.807, 2.05) is 0 Å². The van der Waals surface area contributed by atoms with Gasteiger partial charge in [0.15, 0.2) is 13.5 Å². The number of anilines is 2. The average Bonchev–Trinajstić information content (AvgIpc) is 2.83. The lowest BCUT2D eigenvalue weighted by Gasteiger charge is -2.33.